The first-order valence-electron chi connectivity index (χ1n) is 6.72. The second-order valence-corrected chi connectivity index (χ2v) is 4.92. The lowest BCUT2D eigenvalue weighted by molar-refractivity contribution is -0.142. The van der Waals surface area contributed by atoms with Crippen LogP contribution in [0.15, 0.2) is 24.3 Å². The fourth-order valence-corrected chi connectivity index (χ4v) is 2.26. The van der Waals surface area contributed by atoms with Crippen molar-refractivity contribution >= 4 is 12.1 Å². The maximum Gasteiger partial charge on any atom is 0.410 e. The van der Waals surface area contributed by atoms with Gasteiger partial charge in [-0.2, -0.15) is 0 Å². The number of amides is 1. The Morgan fingerprint density at radius 2 is 1.95 bits per heavy atom. The van der Waals surface area contributed by atoms with Gasteiger partial charge in [0.25, 0.3) is 0 Å². The Labute approximate surface area is 123 Å². The van der Waals surface area contributed by atoms with Crippen molar-refractivity contribution in [1.29, 1.82) is 0 Å². The lowest BCUT2D eigenvalue weighted by atomic mass is 10.1. The Morgan fingerprint density at radius 3 is 2.52 bits per heavy atom. The molecule has 114 valence electrons. The topological polar surface area (TPSA) is 65.1 Å². The highest BCUT2D eigenvalue weighted by molar-refractivity contribution is 5.74. The molecule has 1 aliphatic heterocycles. The molecule has 2 rings (SSSR count). The average Bonchev–Trinajstić information content (AvgIpc) is 2.75. The van der Waals surface area contributed by atoms with Crippen LogP contribution in [0, 0.1) is 0 Å². The molecule has 1 aromatic rings. The van der Waals surface area contributed by atoms with E-state index in [9.17, 15) is 9.59 Å². The monoisotopic (exact) mass is 293 g/mol. The summed E-state index contributed by atoms with van der Waals surface area (Å²) in [6.45, 7) is 2.30. The molecule has 0 saturated carbocycles. The van der Waals surface area contributed by atoms with E-state index in [2.05, 4.69) is 4.74 Å². The van der Waals surface area contributed by atoms with Gasteiger partial charge in [-0.25, -0.2) is 4.79 Å². The van der Waals surface area contributed by atoms with Gasteiger partial charge in [-0.1, -0.05) is 12.1 Å². The zero-order valence-corrected chi connectivity index (χ0v) is 12.4. The predicted octanol–water partition coefficient (Wildman–Crippen LogP) is 1.97. The van der Waals surface area contributed by atoms with E-state index in [0.717, 1.165) is 11.3 Å². The van der Waals surface area contributed by atoms with Gasteiger partial charge in [-0.05, 0) is 24.6 Å². The number of hydrogen-bond acceptors (Lipinski definition) is 5. The molecule has 21 heavy (non-hydrogen) atoms. The molecule has 6 nitrogen and oxygen atoms in total. The lowest BCUT2D eigenvalue weighted by Crippen LogP contribution is -2.34. The number of carbonyl (C=O) groups is 2. The molecule has 0 radical (unpaired) electrons. The number of nitrogens with zero attached hydrogens (tertiary/aromatic N) is 1. The van der Waals surface area contributed by atoms with E-state index >= 15 is 0 Å². The molecular formula is C15H19NO5. The van der Waals surface area contributed by atoms with Crippen molar-refractivity contribution in [2.45, 2.75) is 32.0 Å². The highest BCUT2D eigenvalue weighted by Crippen LogP contribution is 2.24. The first kappa shape index (κ1) is 15.2. The third kappa shape index (κ3) is 3.45. The van der Waals surface area contributed by atoms with Crippen LogP contribution >= 0.6 is 0 Å². The molecule has 0 N–H and O–H groups in total. The smallest absolute Gasteiger partial charge is 0.410 e. The number of methoxy groups -OCH3 is 2. The summed E-state index contributed by atoms with van der Waals surface area (Å²) in [4.78, 5) is 24.8. The number of ether oxygens (including phenoxy) is 3. The number of cyclic esters (lactones) is 1. The molecule has 1 fully saturated rings. The zero-order valence-electron chi connectivity index (χ0n) is 12.4. The van der Waals surface area contributed by atoms with E-state index in [1.807, 2.05) is 31.2 Å². The third-order valence-electron chi connectivity index (χ3n) is 3.62. The first-order chi connectivity index (χ1) is 10.0. The van der Waals surface area contributed by atoms with Crippen LogP contribution in [0.3, 0.4) is 0 Å². The fourth-order valence-electron chi connectivity index (χ4n) is 2.26. The lowest BCUT2D eigenvalue weighted by Gasteiger charge is -2.20. The van der Waals surface area contributed by atoms with Crippen molar-refractivity contribution in [1.82, 2.24) is 4.90 Å². The number of rotatable bonds is 5. The Kier molecular flexibility index (Phi) is 4.67. The van der Waals surface area contributed by atoms with Crippen LogP contribution in [0.25, 0.3) is 0 Å². The molecule has 6 heteroatoms. The van der Waals surface area contributed by atoms with Crippen LogP contribution < -0.4 is 4.74 Å². The summed E-state index contributed by atoms with van der Waals surface area (Å²) in [5.41, 5.74) is 0.971. The van der Waals surface area contributed by atoms with Crippen LogP contribution in [-0.2, 0) is 20.8 Å². The van der Waals surface area contributed by atoms with E-state index in [1.54, 1.807) is 12.0 Å². The van der Waals surface area contributed by atoms with Gasteiger partial charge in [-0.15, -0.1) is 0 Å². The van der Waals surface area contributed by atoms with Gasteiger partial charge in [0, 0.05) is 6.54 Å². The van der Waals surface area contributed by atoms with Gasteiger partial charge in [0.15, 0.2) is 0 Å². The van der Waals surface area contributed by atoms with Gasteiger partial charge in [-0.3, -0.25) is 9.69 Å². The molecule has 1 heterocycles. The van der Waals surface area contributed by atoms with Crippen LogP contribution in [0.1, 0.15) is 18.9 Å². The SMILES string of the molecule is COC(=O)CC1OC(=O)N(Cc2ccc(OC)cc2)[C@H]1C. The van der Waals surface area contributed by atoms with Crippen molar-refractivity contribution in [3.8, 4) is 5.75 Å². The van der Waals surface area contributed by atoms with Crippen LogP contribution in [0.4, 0.5) is 4.79 Å². The van der Waals surface area contributed by atoms with Crippen molar-refractivity contribution in [2.24, 2.45) is 0 Å². The van der Waals surface area contributed by atoms with Crippen molar-refractivity contribution in [3.05, 3.63) is 29.8 Å². The van der Waals surface area contributed by atoms with Crippen LogP contribution in [0.2, 0.25) is 0 Å². The number of esters is 1. The zero-order chi connectivity index (χ0) is 15.4. The van der Waals surface area contributed by atoms with Gasteiger partial charge < -0.3 is 14.2 Å². The Hall–Kier alpha value is -2.24. The highest BCUT2D eigenvalue weighted by Gasteiger charge is 2.39. The van der Waals surface area contributed by atoms with Crippen molar-refractivity contribution in [2.75, 3.05) is 14.2 Å². The maximum atomic E-state index is 11.9. The minimum atomic E-state index is -0.469. The molecule has 0 aliphatic carbocycles. The van der Waals surface area contributed by atoms with E-state index in [-0.39, 0.29) is 18.4 Å². The highest BCUT2D eigenvalue weighted by atomic mass is 16.6. The average molecular weight is 293 g/mol. The van der Waals surface area contributed by atoms with E-state index in [1.165, 1.54) is 7.11 Å². The minimum absolute atomic E-state index is 0.0719. The van der Waals surface area contributed by atoms with Crippen LogP contribution in [-0.4, -0.2) is 43.3 Å². The summed E-state index contributed by atoms with van der Waals surface area (Å²) < 4.78 is 14.9. The van der Waals surface area contributed by atoms with Crippen molar-refractivity contribution in [3.63, 3.8) is 0 Å². The van der Waals surface area contributed by atoms with Crippen molar-refractivity contribution < 1.29 is 23.8 Å². The normalized spacial score (nSPS) is 21.1. The Bertz CT molecular complexity index is 513. The summed E-state index contributed by atoms with van der Waals surface area (Å²) in [5, 5.41) is 0. The number of carbonyl (C=O) groups excluding carboxylic acids is 2. The molecule has 0 aromatic heterocycles. The second-order valence-electron chi connectivity index (χ2n) is 4.92. The maximum absolute atomic E-state index is 11.9. The first-order valence-corrected chi connectivity index (χ1v) is 6.72. The van der Waals surface area contributed by atoms with E-state index in [0.29, 0.717) is 6.54 Å². The molecule has 1 unspecified atom stereocenters. The molecule has 1 aromatic carbocycles. The molecule has 2 atom stereocenters. The number of benzene rings is 1. The molecule has 1 amide bonds. The summed E-state index contributed by atoms with van der Waals surface area (Å²) in [6, 6.07) is 7.29. The molecule has 0 bridgehead atoms. The fraction of sp³-hybridized carbons (Fsp3) is 0.467. The van der Waals surface area contributed by atoms with E-state index in [4.69, 9.17) is 9.47 Å². The summed E-state index contributed by atoms with van der Waals surface area (Å²) in [5.74, 6) is 0.380. The standard InChI is InChI=1S/C15H19NO5/c1-10-13(8-14(17)20-3)21-15(18)16(10)9-11-4-6-12(19-2)7-5-11/h4-7,10,13H,8-9H2,1-3H3/t10-,13?/m0/s1. The second kappa shape index (κ2) is 6.47. The van der Waals surface area contributed by atoms with Gasteiger partial charge in [0.2, 0.25) is 0 Å². The van der Waals surface area contributed by atoms with Gasteiger partial charge in [0.1, 0.15) is 11.9 Å². The Morgan fingerprint density at radius 1 is 1.29 bits per heavy atom. The van der Waals surface area contributed by atoms with E-state index < -0.39 is 12.2 Å². The third-order valence-corrected chi connectivity index (χ3v) is 3.62. The molecule has 1 saturated heterocycles. The predicted molar refractivity (Wildman–Crippen MR) is 74.9 cm³/mol. The van der Waals surface area contributed by atoms with Gasteiger partial charge >= 0.3 is 12.1 Å². The molecule has 1 aliphatic rings. The largest absolute Gasteiger partial charge is 0.497 e. The van der Waals surface area contributed by atoms with Crippen LogP contribution in [0.5, 0.6) is 5.75 Å². The molecule has 0 spiro atoms. The summed E-state index contributed by atoms with van der Waals surface area (Å²) in [6.07, 6.45) is -0.807. The number of hydrogen-bond donors (Lipinski definition) is 0. The van der Waals surface area contributed by atoms with Gasteiger partial charge in [0.05, 0.1) is 26.7 Å². The Balaban J connectivity index is 2.02. The summed E-state index contributed by atoms with van der Waals surface area (Å²) in [7, 11) is 2.92. The quantitative estimate of drug-likeness (QED) is 0.777. The summed E-state index contributed by atoms with van der Waals surface area (Å²) >= 11 is 0. The molecular weight excluding hydrogens is 274 g/mol. The minimum Gasteiger partial charge on any atom is -0.497 e.